The van der Waals surface area contributed by atoms with Gasteiger partial charge in [0.2, 0.25) is 0 Å². The normalized spacial score (nSPS) is 15.9. The third-order valence-corrected chi connectivity index (χ3v) is 2.59. The molecule has 1 atom stereocenters. The SMILES string of the molecule is CCOCCC(CN)(CO)CC(C)C. The van der Waals surface area contributed by atoms with Crippen molar-refractivity contribution < 1.29 is 9.84 Å². The van der Waals surface area contributed by atoms with Gasteiger partial charge in [-0.05, 0) is 25.7 Å². The van der Waals surface area contributed by atoms with Gasteiger partial charge in [0.05, 0.1) is 0 Å². The number of nitrogens with two attached hydrogens (primary N) is 1. The maximum absolute atomic E-state index is 9.39. The molecule has 0 radical (unpaired) electrons. The van der Waals surface area contributed by atoms with E-state index in [0.29, 0.717) is 19.1 Å². The van der Waals surface area contributed by atoms with Crippen molar-refractivity contribution in [1.82, 2.24) is 0 Å². The average molecular weight is 203 g/mol. The zero-order valence-corrected chi connectivity index (χ0v) is 9.75. The van der Waals surface area contributed by atoms with Crippen molar-refractivity contribution in [3.63, 3.8) is 0 Å². The van der Waals surface area contributed by atoms with Crippen LogP contribution in [0.4, 0.5) is 0 Å². The molecule has 0 rings (SSSR count). The minimum absolute atomic E-state index is 0.136. The molecule has 1 unspecified atom stereocenters. The second kappa shape index (κ2) is 7.21. The molecule has 14 heavy (non-hydrogen) atoms. The highest BCUT2D eigenvalue weighted by Crippen LogP contribution is 2.28. The quantitative estimate of drug-likeness (QED) is 0.586. The first kappa shape index (κ1) is 13.9. The molecule has 3 nitrogen and oxygen atoms in total. The molecule has 0 aliphatic carbocycles. The molecule has 0 saturated carbocycles. The maximum atomic E-state index is 9.39. The standard InChI is InChI=1S/C11H25NO2/c1-4-14-6-5-11(8-12,9-13)7-10(2)3/h10,13H,4-9,12H2,1-3H3. The molecule has 0 amide bonds. The molecule has 0 aromatic rings. The summed E-state index contributed by atoms with van der Waals surface area (Å²) < 4.78 is 5.31. The molecular weight excluding hydrogens is 178 g/mol. The molecular formula is C11H25NO2. The zero-order valence-electron chi connectivity index (χ0n) is 9.75. The molecule has 0 aromatic heterocycles. The van der Waals surface area contributed by atoms with Crippen molar-refractivity contribution in [1.29, 1.82) is 0 Å². The summed E-state index contributed by atoms with van der Waals surface area (Å²) in [5, 5.41) is 9.39. The molecule has 0 aliphatic rings. The second-order valence-electron chi connectivity index (χ2n) is 4.41. The Morgan fingerprint density at radius 3 is 2.43 bits per heavy atom. The molecule has 0 heterocycles. The predicted octanol–water partition coefficient (Wildman–Crippen LogP) is 1.40. The summed E-state index contributed by atoms with van der Waals surface area (Å²) in [5.74, 6) is 0.562. The van der Waals surface area contributed by atoms with E-state index in [1.807, 2.05) is 6.92 Å². The van der Waals surface area contributed by atoms with E-state index in [-0.39, 0.29) is 12.0 Å². The average Bonchev–Trinajstić information content (AvgIpc) is 2.16. The van der Waals surface area contributed by atoms with Crippen molar-refractivity contribution in [3.8, 4) is 0 Å². The van der Waals surface area contributed by atoms with Crippen LogP contribution in [0.25, 0.3) is 0 Å². The second-order valence-corrected chi connectivity index (χ2v) is 4.41. The van der Waals surface area contributed by atoms with Crippen molar-refractivity contribution in [2.24, 2.45) is 17.1 Å². The van der Waals surface area contributed by atoms with Crippen LogP contribution in [-0.4, -0.2) is 31.5 Å². The molecule has 0 fully saturated rings. The Bertz CT molecular complexity index is 133. The van der Waals surface area contributed by atoms with Crippen molar-refractivity contribution in [2.75, 3.05) is 26.4 Å². The van der Waals surface area contributed by atoms with E-state index >= 15 is 0 Å². The van der Waals surface area contributed by atoms with Crippen LogP contribution >= 0.6 is 0 Å². The van der Waals surface area contributed by atoms with Gasteiger partial charge in [-0.25, -0.2) is 0 Å². The number of ether oxygens (including phenoxy) is 1. The van der Waals surface area contributed by atoms with Crippen LogP contribution in [0, 0.1) is 11.3 Å². The molecule has 3 N–H and O–H groups in total. The highest BCUT2D eigenvalue weighted by atomic mass is 16.5. The van der Waals surface area contributed by atoms with Gasteiger partial charge in [-0.1, -0.05) is 13.8 Å². The first-order chi connectivity index (χ1) is 6.60. The van der Waals surface area contributed by atoms with Gasteiger partial charge in [-0.3, -0.25) is 0 Å². The minimum Gasteiger partial charge on any atom is -0.396 e. The van der Waals surface area contributed by atoms with E-state index < -0.39 is 0 Å². The summed E-state index contributed by atoms with van der Waals surface area (Å²) >= 11 is 0. The van der Waals surface area contributed by atoms with Crippen LogP contribution in [0.1, 0.15) is 33.6 Å². The molecule has 86 valence electrons. The summed E-state index contributed by atoms with van der Waals surface area (Å²) in [4.78, 5) is 0. The number of aliphatic hydroxyl groups is 1. The van der Waals surface area contributed by atoms with Crippen LogP contribution in [0.5, 0.6) is 0 Å². The van der Waals surface area contributed by atoms with E-state index in [2.05, 4.69) is 13.8 Å². The topological polar surface area (TPSA) is 55.5 Å². The number of aliphatic hydroxyl groups excluding tert-OH is 1. The van der Waals surface area contributed by atoms with Crippen molar-refractivity contribution in [2.45, 2.75) is 33.6 Å². The largest absolute Gasteiger partial charge is 0.396 e. The van der Waals surface area contributed by atoms with E-state index in [4.69, 9.17) is 10.5 Å². The first-order valence-electron chi connectivity index (χ1n) is 5.49. The van der Waals surface area contributed by atoms with E-state index in [9.17, 15) is 5.11 Å². The summed E-state index contributed by atoms with van der Waals surface area (Å²) in [6.45, 7) is 8.41. The van der Waals surface area contributed by atoms with Crippen LogP contribution in [0.15, 0.2) is 0 Å². The van der Waals surface area contributed by atoms with Gasteiger partial charge in [-0.15, -0.1) is 0 Å². The summed E-state index contributed by atoms with van der Waals surface area (Å²) in [5.41, 5.74) is 5.60. The lowest BCUT2D eigenvalue weighted by Gasteiger charge is -2.32. The number of hydrogen-bond acceptors (Lipinski definition) is 3. The Hall–Kier alpha value is -0.120. The van der Waals surface area contributed by atoms with E-state index in [0.717, 1.165) is 19.4 Å². The Labute approximate surface area is 87.6 Å². The molecule has 0 aliphatic heterocycles. The van der Waals surface area contributed by atoms with Gasteiger partial charge in [0.25, 0.3) is 0 Å². The summed E-state index contributed by atoms with van der Waals surface area (Å²) in [6, 6.07) is 0. The molecule has 0 spiro atoms. The molecule has 3 heteroatoms. The van der Waals surface area contributed by atoms with Gasteiger partial charge in [-0.2, -0.15) is 0 Å². The van der Waals surface area contributed by atoms with Crippen LogP contribution < -0.4 is 5.73 Å². The number of rotatable bonds is 8. The Morgan fingerprint density at radius 2 is 2.07 bits per heavy atom. The molecule has 0 aromatic carbocycles. The van der Waals surface area contributed by atoms with Crippen LogP contribution in [-0.2, 0) is 4.74 Å². The fourth-order valence-electron chi connectivity index (χ4n) is 1.79. The fraction of sp³-hybridized carbons (Fsp3) is 1.00. The van der Waals surface area contributed by atoms with Gasteiger partial charge in [0.1, 0.15) is 0 Å². The Morgan fingerprint density at radius 1 is 1.43 bits per heavy atom. The third-order valence-electron chi connectivity index (χ3n) is 2.59. The van der Waals surface area contributed by atoms with E-state index in [1.165, 1.54) is 0 Å². The Kier molecular flexibility index (Phi) is 7.15. The predicted molar refractivity (Wildman–Crippen MR) is 59.1 cm³/mol. The van der Waals surface area contributed by atoms with Crippen molar-refractivity contribution in [3.05, 3.63) is 0 Å². The van der Waals surface area contributed by atoms with Gasteiger partial charge in [0.15, 0.2) is 0 Å². The van der Waals surface area contributed by atoms with Gasteiger partial charge >= 0.3 is 0 Å². The lowest BCUT2D eigenvalue weighted by atomic mass is 9.78. The lowest BCUT2D eigenvalue weighted by Crippen LogP contribution is -2.36. The molecule has 0 bridgehead atoms. The monoisotopic (exact) mass is 203 g/mol. The van der Waals surface area contributed by atoms with Crippen LogP contribution in [0.3, 0.4) is 0 Å². The first-order valence-corrected chi connectivity index (χ1v) is 5.49. The van der Waals surface area contributed by atoms with Gasteiger partial charge in [0, 0.05) is 31.8 Å². The third kappa shape index (κ3) is 4.94. The summed E-state index contributed by atoms with van der Waals surface area (Å²) in [7, 11) is 0. The van der Waals surface area contributed by atoms with E-state index in [1.54, 1.807) is 0 Å². The fourth-order valence-corrected chi connectivity index (χ4v) is 1.79. The Balaban J connectivity index is 4.07. The minimum atomic E-state index is -0.136. The van der Waals surface area contributed by atoms with Crippen molar-refractivity contribution >= 4 is 0 Å². The smallest absolute Gasteiger partial charge is 0.0500 e. The zero-order chi connectivity index (χ0) is 11.0. The van der Waals surface area contributed by atoms with Gasteiger partial charge < -0.3 is 15.6 Å². The lowest BCUT2D eigenvalue weighted by molar-refractivity contribution is 0.0521. The highest BCUT2D eigenvalue weighted by molar-refractivity contribution is 4.80. The summed E-state index contributed by atoms with van der Waals surface area (Å²) in [6.07, 6.45) is 1.82. The highest BCUT2D eigenvalue weighted by Gasteiger charge is 2.28. The molecule has 0 saturated heterocycles. The van der Waals surface area contributed by atoms with Crippen LogP contribution in [0.2, 0.25) is 0 Å². The maximum Gasteiger partial charge on any atom is 0.0500 e. The number of hydrogen-bond donors (Lipinski definition) is 2.